The average molecular weight is 807 g/mol. The fourth-order valence-corrected chi connectivity index (χ4v) is 11.0. The first-order chi connectivity index (χ1) is 31.3. The number of hydrogen-bond donors (Lipinski definition) is 0. The van der Waals surface area contributed by atoms with E-state index in [4.69, 9.17) is 0 Å². The van der Waals surface area contributed by atoms with Crippen molar-refractivity contribution in [1.29, 1.82) is 0 Å². The molecule has 300 valence electrons. The molecular weight excluding hydrogens is 761 g/mol. The second-order valence-corrected chi connectivity index (χ2v) is 17.0. The first-order valence-corrected chi connectivity index (χ1v) is 22.4. The zero-order valence-corrected chi connectivity index (χ0v) is 35.1. The molecule has 0 saturated heterocycles. The van der Waals surface area contributed by atoms with Crippen molar-refractivity contribution in [1.82, 2.24) is 0 Å². The molecule has 2 nitrogen and oxygen atoms in total. The Morgan fingerprint density at radius 2 is 0.968 bits per heavy atom. The third-order valence-electron chi connectivity index (χ3n) is 13.7. The van der Waals surface area contributed by atoms with Gasteiger partial charge >= 0.3 is 0 Å². The van der Waals surface area contributed by atoms with E-state index in [1.807, 2.05) is 0 Å². The third-order valence-corrected chi connectivity index (χ3v) is 13.7. The van der Waals surface area contributed by atoms with Gasteiger partial charge in [-0.15, -0.1) is 0 Å². The van der Waals surface area contributed by atoms with E-state index in [-0.39, 0.29) is 5.92 Å². The molecule has 0 aromatic heterocycles. The summed E-state index contributed by atoms with van der Waals surface area (Å²) in [6, 6.07) is 73.9. The van der Waals surface area contributed by atoms with Crippen LogP contribution in [0.25, 0.3) is 33.4 Å². The second kappa shape index (κ2) is 15.3. The number of benzene rings is 8. The van der Waals surface area contributed by atoms with Gasteiger partial charge in [-0.1, -0.05) is 176 Å². The number of rotatable bonds is 8. The molecule has 0 bridgehead atoms. The molecule has 8 aromatic carbocycles. The Hall–Kier alpha value is -7.68. The number of fused-ring (bicyclic) bond motifs is 10. The molecule has 8 aromatic rings. The van der Waals surface area contributed by atoms with Crippen LogP contribution in [0, 0.1) is 0 Å². The van der Waals surface area contributed by atoms with Crippen molar-refractivity contribution < 1.29 is 0 Å². The molecule has 0 radical (unpaired) electrons. The van der Waals surface area contributed by atoms with Crippen molar-refractivity contribution >= 4 is 22.7 Å². The van der Waals surface area contributed by atoms with Crippen LogP contribution in [-0.2, 0) is 5.41 Å². The van der Waals surface area contributed by atoms with Crippen LogP contribution in [0.3, 0.4) is 0 Å². The minimum atomic E-state index is -0.439. The van der Waals surface area contributed by atoms with Crippen molar-refractivity contribution in [2.24, 2.45) is 0 Å². The molecule has 2 heteroatoms. The zero-order chi connectivity index (χ0) is 41.7. The fourth-order valence-electron chi connectivity index (χ4n) is 11.0. The molecular formula is C61H46N2. The van der Waals surface area contributed by atoms with Gasteiger partial charge < -0.3 is 9.80 Å². The summed E-state index contributed by atoms with van der Waals surface area (Å²) in [5.41, 5.74) is 21.5. The first-order valence-electron chi connectivity index (χ1n) is 22.4. The van der Waals surface area contributed by atoms with E-state index in [1.54, 1.807) is 0 Å². The van der Waals surface area contributed by atoms with Gasteiger partial charge in [0.25, 0.3) is 0 Å². The maximum atomic E-state index is 2.46. The van der Waals surface area contributed by atoms with Gasteiger partial charge in [0.1, 0.15) is 0 Å². The van der Waals surface area contributed by atoms with Crippen LogP contribution in [0.1, 0.15) is 53.0 Å². The summed E-state index contributed by atoms with van der Waals surface area (Å²) in [5.74, 6) is 0.247. The van der Waals surface area contributed by atoms with Crippen molar-refractivity contribution in [2.75, 3.05) is 9.80 Å². The summed E-state index contributed by atoms with van der Waals surface area (Å²) in [4.78, 5) is 4.78. The number of hydrogen-bond acceptors (Lipinski definition) is 2. The molecule has 0 N–H and O–H groups in total. The Balaban J connectivity index is 0.966. The summed E-state index contributed by atoms with van der Waals surface area (Å²) in [6.07, 6.45) is 17.1. The Labute approximate surface area is 370 Å². The average Bonchev–Trinajstić information content (AvgIpc) is 3.84. The Morgan fingerprint density at radius 1 is 0.444 bits per heavy atom. The Bertz CT molecular complexity index is 3100. The largest absolute Gasteiger partial charge is 0.315 e. The van der Waals surface area contributed by atoms with Gasteiger partial charge in [-0.3, -0.25) is 0 Å². The van der Waals surface area contributed by atoms with Crippen LogP contribution in [0.15, 0.2) is 248 Å². The molecule has 63 heavy (non-hydrogen) atoms. The van der Waals surface area contributed by atoms with Gasteiger partial charge in [0.2, 0.25) is 0 Å². The van der Waals surface area contributed by atoms with Gasteiger partial charge in [-0.25, -0.2) is 0 Å². The predicted octanol–water partition coefficient (Wildman–Crippen LogP) is 15.8. The molecule has 0 fully saturated rings. The lowest BCUT2D eigenvalue weighted by atomic mass is 9.70. The monoisotopic (exact) mass is 806 g/mol. The lowest BCUT2D eigenvalue weighted by Crippen LogP contribution is -2.26. The molecule has 0 aliphatic heterocycles. The van der Waals surface area contributed by atoms with Gasteiger partial charge in [-0.05, 0) is 141 Å². The Morgan fingerprint density at radius 3 is 1.57 bits per heavy atom. The number of nitrogens with zero attached hydrogens (tertiary/aromatic N) is 2. The molecule has 4 aliphatic carbocycles. The van der Waals surface area contributed by atoms with Gasteiger partial charge in [0, 0.05) is 40.1 Å². The van der Waals surface area contributed by atoms with E-state index in [0.29, 0.717) is 0 Å². The van der Waals surface area contributed by atoms with E-state index in [2.05, 4.69) is 246 Å². The number of anilines is 4. The molecule has 2 atom stereocenters. The number of para-hydroxylation sites is 3. The van der Waals surface area contributed by atoms with Crippen molar-refractivity contribution in [3.63, 3.8) is 0 Å². The summed E-state index contributed by atoms with van der Waals surface area (Å²) in [7, 11) is 0. The molecule has 4 aliphatic rings. The lowest BCUT2D eigenvalue weighted by molar-refractivity contribution is 0.787. The minimum absolute atomic E-state index is 0.247. The lowest BCUT2D eigenvalue weighted by Gasteiger charge is -2.32. The summed E-state index contributed by atoms with van der Waals surface area (Å²) in [5, 5.41) is 0. The second-order valence-electron chi connectivity index (χ2n) is 17.0. The standard InChI is InChI=1S/C61H46N2/c1-5-19-45(20-6-1)62(46-21-7-2-8-22-46)49-39-35-43(36-40-49)51-29-17-33-57-59(51)53-27-13-15-31-55(53)61(57)56-32-16-14-28-54(56)60-52(30-18-34-58(60)61)44-37-41-50(42-38-44)63(47-23-9-3-10-24-47)48-25-11-4-12-26-48/h1-11,13-25,27-37,39-42,44H,12,26,38H2. The molecule has 0 saturated carbocycles. The van der Waals surface area contributed by atoms with Crippen molar-refractivity contribution in [3.8, 4) is 33.4 Å². The van der Waals surface area contributed by atoms with Crippen molar-refractivity contribution in [3.05, 3.63) is 276 Å². The van der Waals surface area contributed by atoms with Crippen LogP contribution in [-0.4, -0.2) is 0 Å². The van der Waals surface area contributed by atoms with Gasteiger partial charge in [0.05, 0.1) is 5.41 Å². The third kappa shape index (κ3) is 5.93. The van der Waals surface area contributed by atoms with E-state index in [1.165, 1.54) is 78.3 Å². The van der Waals surface area contributed by atoms with E-state index in [0.717, 1.165) is 36.3 Å². The van der Waals surface area contributed by atoms with Crippen LogP contribution >= 0.6 is 0 Å². The summed E-state index contributed by atoms with van der Waals surface area (Å²) < 4.78 is 0. The van der Waals surface area contributed by atoms with Crippen LogP contribution in [0.2, 0.25) is 0 Å². The maximum absolute atomic E-state index is 2.46. The minimum Gasteiger partial charge on any atom is -0.315 e. The molecule has 0 amide bonds. The summed E-state index contributed by atoms with van der Waals surface area (Å²) in [6.45, 7) is 0. The van der Waals surface area contributed by atoms with E-state index >= 15 is 0 Å². The highest BCUT2D eigenvalue weighted by atomic mass is 15.2. The van der Waals surface area contributed by atoms with E-state index in [9.17, 15) is 0 Å². The highest BCUT2D eigenvalue weighted by Gasteiger charge is 2.52. The highest BCUT2D eigenvalue weighted by molar-refractivity contribution is 6.00. The fraction of sp³-hybridized carbons (Fsp3) is 0.0820. The molecule has 2 unspecified atom stereocenters. The van der Waals surface area contributed by atoms with Crippen LogP contribution in [0.5, 0.6) is 0 Å². The summed E-state index contributed by atoms with van der Waals surface area (Å²) >= 11 is 0. The van der Waals surface area contributed by atoms with Gasteiger partial charge in [-0.2, -0.15) is 0 Å². The smallest absolute Gasteiger partial charge is 0.0725 e. The molecule has 1 spiro atoms. The predicted molar refractivity (Wildman–Crippen MR) is 263 cm³/mol. The highest BCUT2D eigenvalue weighted by Crippen LogP contribution is 2.65. The van der Waals surface area contributed by atoms with E-state index < -0.39 is 5.41 Å². The van der Waals surface area contributed by atoms with Crippen LogP contribution in [0.4, 0.5) is 22.7 Å². The first kappa shape index (κ1) is 37.1. The zero-order valence-electron chi connectivity index (χ0n) is 35.1. The topological polar surface area (TPSA) is 6.48 Å². The normalized spacial score (nSPS) is 17.6. The number of allylic oxidation sites excluding steroid dienone is 7. The maximum Gasteiger partial charge on any atom is 0.0725 e. The quantitative estimate of drug-likeness (QED) is 0.151. The van der Waals surface area contributed by atoms with Gasteiger partial charge in [0.15, 0.2) is 0 Å². The Kier molecular flexibility index (Phi) is 9.04. The molecule has 12 rings (SSSR count). The van der Waals surface area contributed by atoms with Crippen LogP contribution < -0.4 is 9.80 Å². The molecule has 0 heterocycles. The van der Waals surface area contributed by atoms with Crippen molar-refractivity contribution in [2.45, 2.75) is 30.6 Å². The SMILES string of the molecule is C1=CCCC(N(C2=CCC(c3cccc4c3-c3ccccc3C43c4ccccc4-c4c(-c5ccc(N(c6ccccc6)c6ccccc6)cc5)cccc43)C=C2)c2ccccc2)=C1.